The van der Waals surface area contributed by atoms with E-state index in [-0.39, 0.29) is 35.9 Å². The van der Waals surface area contributed by atoms with Gasteiger partial charge in [0, 0.05) is 24.6 Å². The zero-order valence-electron chi connectivity index (χ0n) is 15.9. The minimum atomic E-state index is -2.89. The quantitative estimate of drug-likeness (QED) is 0.805. The molecular weight excluding hydrogens is 386 g/mol. The highest BCUT2D eigenvalue weighted by atomic mass is 35.5. The highest BCUT2D eigenvalue weighted by Gasteiger charge is 2.35. The fourth-order valence-corrected chi connectivity index (χ4v) is 3.89. The molecule has 0 spiro atoms. The second-order valence-electron chi connectivity index (χ2n) is 7.04. The van der Waals surface area contributed by atoms with Crippen LogP contribution in [0, 0.1) is 19.8 Å². The Hall–Kier alpha value is -2.18. The van der Waals surface area contributed by atoms with Gasteiger partial charge in [0.1, 0.15) is 5.75 Å². The van der Waals surface area contributed by atoms with E-state index in [1.807, 2.05) is 18.2 Å². The summed E-state index contributed by atoms with van der Waals surface area (Å²) in [5.74, 6) is 0.412. The van der Waals surface area contributed by atoms with Crippen molar-refractivity contribution in [2.24, 2.45) is 11.7 Å². The number of nitrogens with zero attached hydrogens (tertiary/aromatic N) is 1. The molecule has 2 N–H and O–H groups in total. The number of nitrogens with two attached hydrogens (primary N) is 1. The van der Waals surface area contributed by atoms with Crippen LogP contribution in [0.15, 0.2) is 42.5 Å². The number of likely N-dealkylation sites (tertiary alicyclic amines) is 1. The summed E-state index contributed by atoms with van der Waals surface area (Å²) in [5.41, 5.74) is 8.65. The van der Waals surface area contributed by atoms with E-state index in [1.165, 1.54) is 5.56 Å². The van der Waals surface area contributed by atoms with Crippen LogP contribution in [0.2, 0.25) is 0 Å². The lowest BCUT2D eigenvalue weighted by Gasteiger charge is -2.19. The van der Waals surface area contributed by atoms with Gasteiger partial charge < -0.3 is 15.4 Å². The summed E-state index contributed by atoms with van der Waals surface area (Å²) < 4.78 is 29.7. The van der Waals surface area contributed by atoms with E-state index in [9.17, 15) is 13.6 Å². The number of halogens is 3. The molecule has 1 aliphatic rings. The van der Waals surface area contributed by atoms with Gasteiger partial charge in [-0.2, -0.15) is 8.78 Å². The summed E-state index contributed by atoms with van der Waals surface area (Å²) in [6, 6.07) is 13.3. The van der Waals surface area contributed by atoms with Gasteiger partial charge in [-0.05, 0) is 55.1 Å². The lowest BCUT2D eigenvalue weighted by atomic mass is 9.89. The van der Waals surface area contributed by atoms with Crippen LogP contribution in [0.25, 0.3) is 0 Å². The van der Waals surface area contributed by atoms with Crippen molar-refractivity contribution in [3.8, 4) is 5.75 Å². The Labute approximate surface area is 170 Å². The monoisotopic (exact) mass is 410 g/mol. The summed E-state index contributed by atoms with van der Waals surface area (Å²) >= 11 is 0. The second kappa shape index (κ2) is 9.34. The van der Waals surface area contributed by atoms with Gasteiger partial charge in [-0.25, -0.2) is 0 Å². The number of aryl methyl sites for hydroxylation is 2. The maximum Gasteiger partial charge on any atom is 0.387 e. The molecule has 4 nitrogen and oxygen atoms in total. The van der Waals surface area contributed by atoms with Crippen LogP contribution in [-0.4, -0.2) is 37.1 Å². The normalized spacial score (nSPS) is 18.9. The number of ether oxygens (including phenoxy) is 1. The second-order valence-corrected chi connectivity index (χ2v) is 7.04. The molecule has 0 radical (unpaired) electrons. The zero-order valence-corrected chi connectivity index (χ0v) is 16.7. The lowest BCUT2D eigenvalue weighted by molar-refractivity contribution is -0.0507. The molecule has 2 atom stereocenters. The number of hydrogen-bond acceptors (Lipinski definition) is 3. The molecule has 0 bridgehead atoms. The van der Waals surface area contributed by atoms with Crippen molar-refractivity contribution < 1.29 is 18.3 Å². The Bertz CT molecular complexity index is 794. The fourth-order valence-electron chi connectivity index (χ4n) is 3.89. The summed E-state index contributed by atoms with van der Waals surface area (Å²) in [6.45, 7) is 2.13. The number of amides is 1. The molecule has 28 heavy (non-hydrogen) atoms. The number of carbonyl (C=O) groups is 1. The van der Waals surface area contributed by atoms with Crippen LogP contribution >= 0.6 is 12.4 Å². The first kappa shape index (κ1) is 22.1. The largest absolute Gasteiger partial charge is 0.434 e. The molecule has 0 aromatic heterocycles. The van der Waals surface area contributed by atoms with Crippen molar-refractivity contribution in [3.63, 3.8) is 0 Å². The van der Waals surface area contributed by atoms with Crippen LogP contribution in [0.4, 0.5) is 8.78 Å². The molecule has 1 fully saturated rings. The highest BCUT2D eigenvalue weighted by molar-refractivity contribution is 5.95. The predicted molar refractivity (Wildman–Crippen MR) is 107 cm³/mol. The van der Waals surface area contributed by atoms with Crippen molar-refractivity contribution >= 4 is 18.3 Å². The number of hydrogen-bond donors (Lipinski definition) is 1. The molecule has 2 aromatic carbocycles. The van der Waals surface area contributed by atoms with Gasteiger partial charge in [-0.3, -0.25) is 4.79 Å². The maximum absolute atomic E-state index is 13.0. The lowest BCUT2D eigenvalue weighted by Crippen LogP contribution is -2.30. The van der Waals surface area contributed by atoms with Gasteiger partial charge in [-0.15, -0.1) is 12.4 Å². The number of rotatable bonds is 5. The molecule has 2 aromatic rings. The number of alkyl halides is 2. The topological polar surface area (TPSA) is 55.6 Å². The van der Waals surface area contributed by atoms with E-state index in [0.717, 1.165) is 0 Å². The minimum Gasteiger partial charge on any atom is -0.434 e. The van der Waals surface area contributed by atoms with E-state index in [0.29, 0.717) is 36.3 Å². The third kappa shape index (κ3) is 4.62. The van der Waals surface area contributed by atoms with Crippen molar-refractivity contribution in [2.75, 3.05) is 19.6 Å². The van der Waals surface area contributed by atoms with Crippen molar-refractivity contribution in [2.45, 2.75) is 26.4 Å². The average Bonchev–Trinajstić information content (AvgIpc) is 3.09. The van der Waals surface area contributed by atoms with Gasteiger partial charge in [-0.1, -0.05) is 30.3 Å². The first-order valence-electron chi connectivity index (χ1n) is 9.01. The molecule has 1 amide bonds. The third-order valence-electron chi connectivity index (χ3n) is 5.17. The standard InChI is InChI=1S/C21H24F2N2O2.ClH/c1-13-8-16(9-14(2)19(13)27-21(22)23)20(26)25-11-17(10-24)18(12-25)15-6-4-3-5-7-15;/h3-9,17-18,21H,10-12,24H2,1-2H3;1H/t17-,18+;/m1./s1. The molecule has 1 heterocycles. The zero-order chi connectivity index (χ0) is 19.6. The van der Waals surface area contributed by atoms with Gasteiger partial charge in [0.2, 0.25) is 0 Å². The fraction of sp³-hybridized carbons (Fsp3) is 0.381. The smallest absolute Gasteiger partial charge is 0.387 e. The van der Waals surface area contributed by atoms with Crippen LogP contribution in [0.5, 0.6) is 5.75 Å². The minimum absolute atomic E-state index is 0. The summed E-state index contributed by atoms with van der Waals surface area (Å²) in [4.78, 5) is 14.8. The summed E-state index contributed by atoms with van der Waals surface area (Å²) in [7, 11) is 0. The summed E-state index contributed by atoms with van der Waals surface area (Å²) in [6.07, 6.45) is 0. The molecule has 0 unspecified atom stereocenters. The molecule has 0 aliphatic carbocycles. The Morgan fingerprint density at radius 1 is 1.18 bits per heavy atom. The van der Waals surface area contributed by atoms with Gasteiger partial charge in [0.05, 0.1) is 0 Å². The van der Waals surface area contributed by atoms with E-state index >= 15 is 0 Å². The highest BCUT2D eigenvalue weighted by Crippen LogP contribution is 2.34. The Morgan fingerprint density at radius 3 is 2.32 bits per heavy atom. The molecule has 3 rings (SSSR count). The van der Waals surface area contributed by atoms with Crippen LogP contribution in [-0.2, 0) is 0 Å². The van der Waals surface area contributed by atoms with E-state index < -0.39 is 6.61 Å². The van der Waals surface area contributed by atoms with Crippen molar-refractivity contribution in [3.05, 3.63) is 64.7 Å². The molecule has 152 valence electrons. The molecule has 1 saturated heterocycles. The van der Waals surface area contributed by atoms with Gasteiger partial charge in [0.25, 0.3) is 5.91 Å². The first-order chi connectivity index (χ1) is 12.9. The maximum atomic E-state index is 13.0. The van der Waals surface area contributed by atoms with E-state index in [1.54, 1.807) is 30.9 Å². The van der Waals surface area contributed by atoms with E-state index in [4.69, 9.17) is 5.73 Å². The van der Waals surface area contributed by atoms with Crippen molar-refractivity contribution in [1.29, 1.82) is 0 Å². The van der Waals surface area contributed by atoms with Gasteiger partial charge in [0.15, 0.2) is 0 Å². The average molecular weight is 411 g/mol. The third-order valence-corrected chi connectivity index (χ3v) is 5.17. The molecule has 0 saturated carbocycles. The van der Waals surface area contributed by atoms with Crippen LogP contribution < -0.4 is 10.5 Å². The Balaban J connectivity index is 0.00000280. The van der Waals surface area contributed by atoms with Crippen LogP contribution in [0.3, 0.4) is 0 Å². The number of benzene rings is 2. The van der Waals surface area contributed by atoms with Crippen LogP contribution in [0.1, 0.15) is 33.0 Å². The molecular formula is C21H25ClF2N2O2. The Morgan fingerprint density at radius 2 is 1.79 bits per heavy atom. The molecule has 1 aliphatic heterocycles. The van der Waals surface area contributed by atoms with Gasteiger partial charge >= 0.3 is 6.61 Å². The first-order valence-corrected chi connectivity index (χ1v) is 9.01. The summed E-state index contributed by atoms with van der Waals surface area (Å²) in [5, 5.41) is 0. The Kier molecular flexibility index (Phi) is 7.38. The molecule has 7 heteroatoms. The SMILES string of the molecule is Cc1cc(C(=O)N2C[C@@H](CN)[C@H](c3ccccc3)C2)cc(C)c1OC(F)F.Cl. The number of carbonyl (C=O) groups excluding carboxylic acids is 1. The predicted octanol–water partition coefficient (Wildman–Crippen LogP) is 4.14. The van der Waals surface area contributed by atoms with E-state index in [2.05, 4.69) is 16.9 Å². The van der Waals surface area contributed by atoms with Crippen molar-refractivity contribution in [1.82, 2.24) is 4.90 Å².